The van der Waals surface area contributed by atoms with Crippen LogP contribution < -0.4 is 0 Å². The number of aliphatic carboxylic acids is 1. The maximum absolute atomic E-state index is 11.6. The van der Waals surface area contributed by atoms with Gasteiger partial charge >= 0.3 is 5.97 Å². The van der Waals surface area contributed by atoms with Crippen LogP contribution in [-0.4, -0.2) is 40.5 Å². The summed E-state index contributed by atoms with van der Waals surface area (Å²) in [7, 11) is 1.43. The van der Waals surface area contributed by atoms with Crippen LogP contribution in [0.15, 0.2) is 22.9 Å². The molecule has 5 nitrogen and oxygen atoms in total. The second-order valence-corrected chi connectivity index (χ2v) is 3.86. The molecule has 0 saturated carbocycles. The van der Waals surface area contributed by atoms with Gasteiger partial charge in [0.15, 0.2) is 0 Å². The molecule has 80 valence electrons. The number of carboxylic acids is 1. The second-order valence-electron chi connectivity index (χ2n) is 2.95. The van der Waals surface area contributed by atoms with E-state index in [-0.39, 0.29) is 12.5 Å². The number of halogens is 1. The average Bonchev–Trinajstić information content (AvgIpc) is 2.15. The average molecular weight is 273 g/mol. The molecule has 0 fully saturated rings. The van der Waals surface area contributed by atoms with Gasteiger partial charge in [-0.05, 0) is 22.0 Å². The van der Waals surface area contributed by atoms with Gasteiger partial charge in [-0.3, -0.25) is 14.6 Å². The largest absolute Gasteiger partial charge is 0.480 e. The van der Waals surface area contributed by atoms with E-state index < -0.39 is 5.97 Å². The normalized spacial score (nSPS) is 9.73. The van der Waals surface area contributed by atoms with Crippen molar-refractivity contribution in [2.45, 2.75) is 0 Å². The Labute approximate surface area is 94.9 Å². The number of carboxylic acid groups (broad SMARTS) is 1. The minimum atomic E-state index is -1.05. The topological polar surface area (TPSA) is 70.5 Å². The number of likely N-dealkylation sites (N-methyl/N-ethyl adjacent to an activating group) is 1. The van der Waals surface area contributed by atoms with Crippen molar-refractivity contribution in [2.24, 2.45) is 0 Å². The Hall–Kier alpha value is -1.43. The fraction of sp³-hybridized carbons (Fsp3) is 0.222. The molecule has 1 amide bonds. The summed E-state index contributed by atoms with van der Waals surface area (Å²) in [5, 5.41) is 8.52. The Balaban J connectivity index is 2.80. The van der Waals surface area contributed by atoms with E-state index in [0.29, 0.717) is 10.0 Å². The van der Waals surface area contributed by atoms with Gasteiger partial charge in [-0.25, -0.2) is 0 Å². The number of pyridine rings is 1. The van der Waals surface area contributed by atoms with Crippen molar-refractivity contribution in [1.29, 1.82) is 0 Å². The Morgan fingerprint density at radius 2 is 2.20 bits per heavy atom. The molecule has 0 spiro atoms. The molecule has 0 aliphatic carbocycles. The molecule has 0 aliphatic rings. The number of amides is 1. The van der Waals surface area contributed by atoms with Crippen molar-refractivity contribution in [2.75, 3.05) is 13.6 Å². The van der Waals surface area contributed by atoms with E-state index in [9.17, 15) is 9.59 Å². The van der Waals surface area contributed by atoms with E-state index in [0.717, 1.165) is 4.90 Å². The highest BCUT2D eigenvalue weighted by Crippen LogP contribution is 2.10. The molecule has 0 aromatic carbocycles. The van der Waals surface area contributed by atoms with Crippen LogP contribution in [0.2, 0.25) is 0 Å². The molecule has 6 heteroatoms. The third-order valence-corrected chi connectivity index (χ3v) is 2.10. The van der Waals surface area contributed by atoms with E-state index >= 15 is 0 Å². The Bertz CT molecular complexity index is 395. The van der Waals surface area contributed by atoms with E-state index in [1.54, 1.807) is 12.3 Å². The standard InChI is InChI=1S/C9H9BrN2O3/c1-12(5-8(13)14)9(15)6-2-7(10)4-11-3-6/h2-4H,5H2,1H3,(H,13,14). The van der Waals surface area contributed by atoms with Crippen LogP contribution in [0.4, 0.5) is 0 Å². The maximum atomic E-state index is 11.6. The molecular formula is C9H9BrN2O3. The number of rotatable bonds is 3. The summed E-state index contributed by atoms with van der Waals surface area (Å²) in [4.78, 5) is 27.0. The number of nitrogens with zero attached hydrogens (tertiary/aromatic N) is 2. The quantitative estimate of drug-likeness (QED) is 0.891. The van der Waals surface area contributed by atoms with Gasteiger partial charge in [-0.15, -0.1) is 0 Å². The Morgan fingerprint density at radius 1 is 1.53 bits per heavy atom. The molecule has 0 aliphatic heterocycles. The number of hydrogen-bond acceptors (Lipinski definition) is 3. The Kier molecular flexibility index (Phi) is 3.79. The van der Waals surface area contributed by atoms with Crippen LogP contribution in [0, 0.1) is 0 Å². The zero-order chi connectivity index (χ0) is 11.4. The zero-order valence-electron chi connectivity index (χ0n) is 7.98. The van der Waals surface area contributed by atoms with Gasteiger partial charge in [0.25, 0.3) is 5.91 Å². The highest BCUT2D eigenvalue weighted by molar-refractivity contribution is 9.10. The monoisotopic (exact) mass is 272 g/mol. The van der Waals surface area contributed by atoms with E-state index in [4.69, 9.17) is 5.11 Å². The zero-order valence-corrected chi connectivity index (χ0v) is 9.56. The molecule has 1 rings (SSSR count). The molecule has 1 heterocycles. The van der Waals surface area contributed by atoms with Gasteiger partial charge < -0.3 is 10.0 Å². The van der Waals surface area contributed by atoms with Gasteiger partial charge in [0.2, 0.25) is 0 Å². The van der Waals surface area contributed by atoms with Gasteiger partial charge in [-0.2, -0.15) is 0 Å². The number of hydrogen-bond donors (Lipinski definition) is 1. The van der Waals surface area contributed by atoms with Crippen molar-refractivity contribution in [3.63, 3.8) is 0 Å². The minimum absolute atomic E-state index is 0.328. The van der Waals surface area contributed by atoms with Crippen LogP contribution in [0.3, 0.4) is 0 Å². The fourth-order valence-corrected chi connectivity index (χ4v) is 1.39. The predicted molar refractivity (Wildman–Crippen MR) is 56.5 cm³/mol. The summed E-state index contributed by atoms with van der Waals surface area (Å²) in [6.07, 6.45) is 2.94. The molecule has 0 bridgehead atoms. The second kappa shape index (κ2) is 4.88. The van der Waals surface area contributed by atoms with Crippen LogP contribution in [0.25, 0.3) is 0 Å². The van der Waals surface area contributed by atoms with Crippen molar-refractivity contribution in [1.82, 2.24) is 9.88 Å². The highest BCUT2D eigenvalue weighted by Gasteiger charge is 2.14. The Morgan fingerprint density at radius 3 is 2.73 bits per heavy atom. The molecule has 0 saturated heterocycles. The van der Waals surface area contributed by atoms with Crippen LogP contribution in [0.5, 0.6) is 0 Å². The summed E-state index contributed by atoms with van der Waals surface area (Å²) in [6.45, 7) is -0.328. The van der Waals surface area contributed by atoms with Crippen molar-refractivity contribution >= 4 is 27.8 Å². The minimum Gasteiger partial charge on any atom is -0.480 e. The summed E-state index contributed by atoms with van der Waals surface area (Å²) in [6, 6.07) is 1.59. The van der Waals surface area contributed by atoms with Crippen LogP contribution in [-0.2, 0) is 4.79 Å². The van der Waals surface area contributed by atoms with E-state index in [2.05, 4.69) is 20.9 Å². The third-order valence-electron chi connectivity index (χ3n) is 1.67. The predicted octanol–water partition coefficient (Wildman–Crippen LogP) is 1.00. The van der Waals surface area contributed by atoms with Crippen molar-refractivity contribution < 1.29 is 14.7 Å². The first-order valence-electron chi connectivity index (χ1n) is 4.08. The summed E-state index contributed by atoms with van der Waals surface area (Å²) >= 11 is 3.18. The van der Waals surface area contributed by atoms with Crippen molar-refractivity contribution in [3.05, 3.63) is 28.5 Å². The molecule has 0 atom stereocenters. The lowest BCUT2D eigenvalue weighted by Crippen LogP contribution is -2.31. The maximum Gasteiger partial charge on any atom is 0.323 e. The molecular weight excluding hydrogens is 264 g/mol. The smallest absolute Gasteiger partial charge is 0.323 e. The molecule has 0 radical (unpaired) electrons. The lowest BCUT2D eigenvalue weighted by Gasteiger charge is -2.14. The first-order chi connectivity index (χ1) is 7.00. The summed E-state index contributed by atoms with van der Waals surface area (Å²) in [5.41, 5.74) is 0.355. The highest BCUT2D eigenvalue weighted by atomic mass is 79.9. The van der Waals surface area contributed by atoms with Gasteiger partial charge in [0, 0.05) is 23.9 Å². The third kappa shape index (κ3) is 3.32. The van der Waals surface area contributed by atoms with E-state index in [1.807, 2.05) is 0 Å². The molecule has 1 aromatic heterocycles. The van der Waals surface area contributed by atoms with Crippen LogP contribution in [0.1, 0.15) is 10.4 Å². The molecule has 0 unspecified atom stereocenters. The number of aromatic nitrogens is 1. The lowest BCUT2D eigenvalue weighted by molar-refractivity contribution is -0.137. The SMILES string of the molecule is CN(CC(=O)O)C(=O)c1cncc(Br)c1. The summed E-state index contributed by atoms with van der Waals surface area (Å²) in [5.74, 6) is -1.42. The van der Waals surface area contributed by atoms with Gasteiger partial charge in [0.1, 0.15) is 6.54 Å². The lowest BCUT2D eigenvalue weighted by atomic mass is 10.2. The first-order valence-corrected chi connectivity index (χ1v) is 4.88. The molecule has 1 aromatic rings. The number of carbonyl (C=O) groups is 2. The van der Waals surface area contributed by atoms with Gasteiger partial charge in [-0.1, -0.05) is 0 Å². The molecule has 1 N–H and O–H groups in total. The van der Waals surface area contributed by atoms with Crippen molar-refractivity contribution in [3.8, 4) is 0 Å². The van der Waals surface area contributed by atoms with E-state index in [1.165, 1.54) is 13.2 Å². The molecule has 15 heavy (non-hydrogen) atoms. The fourth-order valence-electron chi connectivity index (χ4n) is 1.02. The van der Waals surface area contributed by atoms with Gasteiger partial charge in [0.05, 0.1) is 5.56 Å². The van der Waals surface area contributed by atoms with Crippen LogP contribution >= 0.6 is 15.9 Å². The summed E-state index contributed by atoms with van der Waals surface area (Å²) < 4.78 is 0.678. The first kappa shape index (κ1) is 11.6. The number of carbonyl (C=O) groups excluding carboxylic acids is 1.